The van der Waals surface area contributed by atoms with Gasteiger partial charge in [0, 0.05) is 5.97 Å². The van der Waals surface area contributed by atoms with Crippen LogP contribution in [0.2, 0.25) is 0 Å². The van der Waals surface area contributed by atoms with Gasteiger partial charge in [0.25, 0.3) is 0 Å². The number of hydrogen-bond donors (Lipinski definition) is 0. The van der Waals surface area contributed by atoms with Gasteiger partial charge in [0.2, 0.25) is 0 Å². The highest BCUT2D eigenvalue weighted by atomic mass is 79.9. The van der Waals surface area contributed by atoms with E-state index in [0.717, 1.165) is 0 Å². The third-order valence-electron chi connectivity index (χ3n) is 1.63. The summed E-state index contributed by atoms with van der Waals surface area (Å²) in [5.74, 6) is -1.57. The molecule has 0 aromatic heterocycles. The molecule has 0 N–H and O–H groups in total. The summed E-state index contributed by atoms with van der Waals surface area (Å²) in [5.41, 5.74) is 0.388. The summed E-state index contributed by atoms with van der Waals surface area (Å²) < 4.78 is 13.5. The van der Waals surface area contributed by atoms with Crippen LogP contribution in [0.3, 0.4) is 0 Å². The van der Waals surface area contributed by atoms with Crippen molar-refractivity contribution in [1.29, 1.82) is 0 Å². The highest BCUT2D eigenvalue weighted by Crippen LogP contribution is 2.19. The molecule has 0 spiro atoms. The Labute approximate surface area is 83.5 Å². The van der Waals surface area contributed by atoms with Gasteiger partial charge in [-0.15, -0.1) is 0 Å². The maximum absolute atomic E-state index is 13.2. The quantitative estimate of drug-likeness (QED) is 0.805. The van der Waals surface area contributed by atoms with E-state index in [1.807, 2.05) is 0 Å². The average molecular weight is 246 g/mol. The minimum Gasteiger partial charge on any atom is -0.550 e. The fourth-order valence-electron chi connectivity index (χ4n) is 0.978. The van der Waals surface area contributed by atoms with E-state index in [4.69, 9.17) is 0 Å². The van der Waals surface area contributed by atoms with E-state index in [2.05, 4.69) is 15.9 Å². The Balaban J connectivity index is 2.77. The molecule has 1 aromatic carbocycles. The molecule has 0 amide bonds. The monoisotopic (exact) mass is 245 g/mol. The minimum absolute atomic E-state index is 0.159. The number of hydrogen-bond acceptors (Lipinski definition) is 2. The Kier molecular flexibility index (Phi) is 3.42. The molecule has 0 saturated heterocycles. The van der Waals surface area contributed by atoms with E-state index in [1.165, 1.54) is 0 Å². The van der Waals surface area contributed by atoms with Crippen LogP contribution >= 0.6 is 15.9 Å². The summed E-state index contributed by atoms with van der Waals surface area (Å²) in [5, 5.41) is 10.1. The van der Waals surface area contributed by atoms with Crippen molar-refractivity contribution in [3.05, 3.63) is 34.1 Å². The minimum atomic E-state index is -1.17. The van der Waals surface area contributed by atoms with Gasteiger partial charge in [0.05, 0.1) is 4.47 Å². The fourth-order valence-corrected chi connectivity index (χ4v) is 1.39. The Morgan fingerprint density at radius 2 is 2.23 bits per heavy atom. The second-order valence-corrected chi connectivity index (χ2v) is 3.44. The van der Waals surface area contributed by atoms with Crippen molar-refractivity contribution < 1.29 is 14.3 Å². The molecule has 0 unspecified atom stereocenters. The number of carboxylic acid groups (broad SMARTS) is 1. The smallest absolute Gasteiger partial charge is 0.140 e. The number of carbonyl (C=O) groups excluding carboxylic acids is 1. The van der Waals surface area contributed by atoms with Crippen LogP contribution in [-0.4, -0.2) is 5.97 Å². The first-order valence-corrected chi connectivity index (χ1v) is 4.53. The molecular weight excluding hydrogens is 239 g/mol. The molecule has 0 saturated carbocycles. The number of halogens is 2. The molecule has 0 radical (unpaired) electrons. The van der Waals surface area contributed by atoms with Crippen LogP contribution in [0.25, 0.3) is 0 Å². The normalized spacial score (nSPS) is 10.0. The maximum Gasteiger partial charge on any atom is 0.140 e. The number of benzene rings is 1. The summed E-state index contributed by atoms with van der Waals surface area (Å²) in [6.45, 7) is 0. The van der Waals surface area contributed by atoms with Crippen molar-refractivity contribution in [1.82, 2.24) is 0 Å². The largest absolute Gasteiger partial charge is 0.550 e. The summed E-state index contributed by atoms with van der Waals surface area (Å²) in [7, 11) is 0. The van der Waals surface area contributed by atoms with Crippen LogP contribution in [0.4, 0.5) is 4.39 Å². The third kappa shape index (κ3) is 2.81. The molecule has 0 aliphatic rings. The van der Waals surface area contributed by atoms with Crippen molar-refractivity contribution in [2.45, 2.75) is 12.8 Å². The number of carbonyl (C=O) groups is 1. The van der Waals surface area contributed by atoms with Gasteiger partial charge in [0.15, 0.2) is 0 Å². The van der Waals surface area contributed by atoms with Crippen LogP contribution in [0.15, 0.2) is 22.7 Å². The molecule has 0 heterocycles. The van der Waals surface area contributed by atoms with Crippen LogP contribution < -0.4 is 5.11 Å². The summed E-state index contributed by atoms with van der Waals surface area (Å²) in [6.07, 6.45) is 0.000972. The van der Waals surface area contributed by atoms with Crippen LogP contribution in [-0.2, 0) is 11.2 Å². The maximum atomic E-state index is 13.2. The van der Waals surface area contributed by atoms with E-state index in [-0.39, 0.29) is 12.8 Å². The second kappa shape index (κ2) is 4.37. The molecule has 1 aromatic rings. The van der Waals surface area contributed by atoms with E-state index in [9.17, 15) is 14.3 Å². The zero-order valence-electron chi connectivity index (χ0n) is 6.72. The lowest BCUT2D eigenvalue weighted by Gasteiger charge is -2.04. The first-order chi connectivity index (χ1) is 6.11. The highest BCUT2D eigenvalue weighted by Gasteiger charge is 2.04. The van der Waals surface area contributed by atoms with Crippen LogP contribution in [0.1, 0.15) is 12.0 Å². The second-order valence-electron chi connectivity index (χ2n) is 2.58. The predicted molar refractivity (Wildman–Crippen MR) is 47.4 cm³/mol. The van der Waals surface area contributed by atoms with Gasteiger partial charge in [0.1, 0.15) is 5.82 Å². The zero-order chi connectivity index (χ0) is 9.84. The molecule has 0 fully saturated rings. The standard InChI is InChI=1S/C9H8BrFO2/c10-7-3-1-2-6(9(7)11)4-5-8(12)13/h1-3H,4-5H2,(H,12,13)/p-1. The van der Waals surface area contributed by atoms with Gasteiger partial charge in [-0.05, 0) is 40.4 Å². The van der Waals surface area contributed by atoms with Crippen molar-refractivity contribution in [3.63, 3.8) is 0 Å². The molecule has 4 heteroatoms. The average Bonchev–Trinajstić information content (AvgIpc) is 2.07. The van der Waals surface area contributed by atoms with Crippen LogP contribution in [0, 0.1) is 5.82 Å². The van der Waals surface area contributed by atoms with E-state index in [1.54, 1.807) is 18.2 Å². The molecule has 2 nitrogen and oxygen atoms in total. The Hall–Kier alpha value is -0.900. The van der Waals surface area contributed by atoms with Gasteiger partial charge >= 0.3 is 0 Å². The van der Waals surface area contributed by atoms with E-state index in [0.29, 0.717) is 10.0 Å². The van der Waals surface area contributed by atoms with Crippen LogP contribution in [0.5, 0.6) is 0 Å². The fraction of sp³-hybridized carbons (Fsp3) is 0.222. The molecular formula is C9H7BrFO2-. The third-order valence-corrected chi connectivity index (χ3v) is 2.24. The molecule has 0 aliphatic heterocycles. The number of aliphatic carboxylic acids is 1. The summed E-state index contributed by atoms with van der Waals surface area (Å²) >= 11 is 3.02. The number of rotatable bonds is 3. The highest BCUT2D eigenvalue weighted by molar-refractivity contribution is 9.10. The lowest BCUT2D eigenvalue weighted by atomic mass is 10.1. The zero-order valence-corrected chi connectivity index (χ0v) is 8.30. The Bertz CT molecular complexity index is 325. The predicted octanol–water partition coefficient (Wildman–Crippen LogP) is 1.27. The lowest BCUT2D eigenvalue weighted by molar-refractivity contribution is -0.305. The first kappa shape index (κ1) is 10.2. The van der Waals surface area contributed by atoms with Gasteiger partial charge in [-0.2, -0.15) is 0 Å². The summed E-state index contributed by atoms with van der Waals surface area (Å²) in [6, 6.07) is 4.79. The number of aryl methyl sites for hydroxylation is 1. The Morgan fingerprint density at radius 1 is 1.54 bits per heavy atom. The summed E-state index contributed by atoms with van der Waals surface area (Å²) in [4.78, 5) is 10.1. The molecule has 0 bridgehead atoms. The van der Waals surface area contributed by atoms with Gasteiger partial charge in [-0.3, -0.25) is 0 Å². The van der Waals surface area contributed by atoms with Gasteiger partial charge < -0.3 is 9.90 Å². The van der Waals surface area contributed by atoms with Crippen molar-refractivity contribution in [3.8, 4) is 0 Å². The topological polar surface area (TPSA) is 40.1 Å². The molecule has 0 aliphatic carbocycles. The first-order valence-electron chi connectivity index (χ1n) is 3.74. The SMILES string of the molecule is O=C([O-])CCc1cccc(Br)c1F. The lowest BCUT2D eigenvalue weighted by Crippen LogP contribution is -2.22. The van der Waals surface area contributed by atoms with Crippen molar-refractivity contribution in [2.24, 2.45) is 0 Å². The Morgan fingerprint density at radius 3 is 2.85 bits per heavy atom. The van der Waals surface area contributed by atoms with Gasteiger partial charge in [-0.25, -0.2) is 4.39 Å². The molecule has 13 heavy (non-hydrogen) atoms. The molecule has 70 valence electrons. The van der Waals surface area contributed by atoms with E-state index >= 15 is 0 Å². The van der Waals surface area contributed by atoms with Gasteiger partial charge in [-0.1, -0.05) is 12.1 Å². The molecule has 0 atom stereocenters. The number of carboxylic acids is 1. The van der Waals surface area contributed by atoms with Crippen molar-refractivity contribution in [2.75, 3.05) is 0 Å². The van der Waals surface area contributed by atoms with E-state index < -0.39 is 11.8 Å². The molecule has 1 rings (SSSR count). The van der Waals surface area contributed by atoms with Crippen molar-refractivity contribution >= 4 is 21.9 Å².